The molecule has 0 spiro atoms. The molecule has 0 saturated carbocycles. The number of carboxylic acid groups (broad SMARTS) is 1. The van der Waals surface area contributed by atoms with Crippen LogP contribution in [0.5, 0.6) is 0 Å². The molecule has 0 aliphatic carbocycles. The Labute approximate surface area is 165 Å². The number of anilines is 1. The largest absolute Gasteiger partial charge is 0.478 e. The van der Waals surface area contributed by atoms with E-state index in [0.29, 0.717) is 5.56 Å². The summed E-state index contributed by atoms with van der Waals surface area (Å²) in [5, 5.41) is 12.0. The molecule has 0 unspecified atom stereocenters. The fourth-order valence-corrected chi connectivity index (χ4v) is 3.23. The predicted molar refractivity (Wildman–Crippen MR) is 110 cm³/mol. The van der Waals surface area contributed by atoms with Crippen molar-refractivity contribution < 1.29 is 14.7 Å². The molecule has 0 radical (unpaired) electrons. The van der Waals surface area contributed by atoms with E-state index in [1.807, 2.05) is 12.1 Å². The Bertz CT molecular complexity index is 772. The number of carbonyl (C=O) groups excluding carboxylic acids is 1. The average molecular weight is 388 g/mol. The lowest BCUT2D eigenvalue weighted by Crippen LogP contribution is -2.15. The third kappa shape index (κ3) is 6.40. The fraction of sp³-hybridized carbons (Fsp3) is 0.364. The molecule has 2 aromatic rings. The van der Waals surface area contributed by atoms with Gasteiger partial charge < -0.3 is 10.4 Å². The van der Waals surface area contributed by atoms with Crippen LogP contribution in [0.4, 0.5) is 5.69 Å². The van der Waals surface area contributed by atoms with Crippen LogP contribution in [-0.4, -0.2) is 17.0 Å². The minimum absolute atomic E-state index is 0.0922. The lowest BCUT2D eigenvalue weighted by molar-refractivity contribution is 0.0698. The molecule has 0 aliphatic rings. The standard InChI is InChI=1S/C22H26ClNO3/c1-2-3-4-5-6-7-9-16-12-14-17(15-13-16)21(25)24-19-11-8-10-18(23)20(19)22(26)27/h8,10-15H,2-7,9H2,1H3,(H,24,25)(H,26,27). The van der Waals surface area contributed by atoms with E-state index in [-0.39, 0.29) is 22.2 Å². The molecule has 0 aliphatic heterocycles. The van der Waals surface area contributed by atoms with Gasteiger partial charge in [-0.05, 0) is 42.7 Å². The minimum atomic E-state index is -1.18. The summed E-state index contributed by atoms with van der Waals surface area (Å²) in [6.45, 7) is 2.21. The van der Waals surface area contributed by atoms with Gasteiger partial charge in [0.15, 0.2) is 0 Å². The van der Waals surface area contributed by atoms with Crippen molar-refractivity contribution in [2.45, 2.75) is 51.9 Å². The summed E-state index contributed by atoms with van der Waals surface area (Å²) in [6, 6.07) is 12.1. The quantitative estimate of drug-likeness (QED) is 0.477. The lowest BCUT2D eigenvalue weighted by atomic mass is 10.0. The summed E-state index contributed by atoms with van der Waals surface area (Å²) in [5.41, 5.74) is 1.78. The van der Waals surface area contributed by atoms with E-state index in [0.717, 1.165) is 12.8 Å². The van der Waals surface area contributed by atoms with E-state index in [1.54, 1.807) is 18.2 Å². The van der Waals surface area contributed by atoms with Gasteiger partial charge in [0.05, 0.1) is 10.7 Å². The minimum Gasteiger partial charge on any atom is -0.478 e. The van der Waals surface area contributed by atoms with Crippen LogP contribution in [0.25, 0.3) is 0 Å². The van der Waals surface area contributed by atoms with Crippen molar-refractivity contribution >= 4 is 29.2 Å². The second-order valence-corrected chi connectivity index (χ2v) is 7.04. The first-order chi connectivity index (χ1) is 13.0. The van der Waals surface area contributed by atoms with E-state index < -0.39 is 5.97 Å². The molecule has 2 rings (SSSR count). The summed E-state index contributed by atoms with van der Waals surface area (Å²) in [6.07, 6.45) is 8.53. The van der Waals surface area contributed by atoms with Crippen molar-refractivity contribution in [2.75, 3.05) is 5.32 Å². The molecular weight excluding hydrogens is 362 g/mol. The van der Waals surface area contributed by atoms with E-state index in [1.165, 1.54) is 49.8 Å². The SMILES string of the molecule is CCCCCCCCc1ccc(C(=O)Nc2cccc(Cl)c2C(=O)O)cc1. The maximum Gasteiger partial charge on any atom is 0.339 e. The van der Waals surface area contributed by atoms with Gasteiger partial charge >= 0.3 is 5.97 Å². The normalized spacial score (nSPS) is 10.6. The van der Waals surface area contributed by atoms with Crippen molar-refractivity contribution in [3.05, 3.63) is 64.2 Å². The zero-order chi connectivity index (χ0) is 19.6. The molecule has 1 amide bonds. The molecule has 144 valence electrons. The third-order valence-corrected chi connectivity index (χ3v) is 4.83. The fourth-order valence-electron chi connectivity index (χ4n) is 2.97. The number of rotatable bonds is 10. The van der Waals surface area contributed by atoms with Gasteiger partial charge in [0.2, 0.25) is 0 Å². The van der Waals surface area contributed by atoms with Gasteiger partial charge in [-0.3, -0.25) is 4.79 Å². The lowest BCUT2D eigenvalue weighted by Gasteiger charge is -2.10. The Balaban J connectivity index is 1.93. The second kappa shape index (κ2) is 10.7. The molecule has 2 aromatic carbocycles. The van der Waals surface area contributed by atoms with E-state index in [9.17, 15) is 14.7 Å². The summed E-state index contributed by atoms with van der Waals surface area (Å²) < 4.78 is 0. The maximum absolute atomic E-state index is 12.4. The highest BCUT2D eigenvalue weighted by Gasteiger charge is 2.16. The number of aromatic carboxylic acids is 1. The van der Waals surface area contributed by atoms with Crippen LogP contribution in [0.2, 0.25) is 5.02 Å². The Morgan fingerprint density at radius 3 is 2.30 bits per heavy atom. The van der Waals surface area contributed by atoms with E-state index in [4.69, 9.17) is 11.6 Å². The molecule has 27 heavy (non-hydrogen) atoms. The summed E-state index contributed by atoms with van der Waals surface area (Å²) in [7, 11) is 0. The number of unbranched alkanes of at least 4 members (excludes halogenated alkanes) is 5. The highest BCUT2D eigenvalue weighted by molar-refractivity contribution is 6.34. The third-order valence-electron chi connectivity index (χ3n) is 4.51. The summed E-state index contributed by atoms with van der Waals surface area (Å²) >= 11 is 5.93. The van der Waals surface area contributed by atoms with E-state index in [2.05, 4.69) is 12.2 Å². The molecule has 0 atom stereocenters. The van der Waals surface area contributed by atoms with Gasteiger partial charge in [-0.2, -0.15) is 0 Å². The number of hydrogen-bond donors (Lipinski definition) is 2. The van der Waals surface area contributed by atoms with Crippen LogP contribution in [0.3, 0.4) is 0 Å². The molecular formula is C22H26ClNO3. The Morgan fingerprint density at radius 1 is 0.963 bits per heavy atom. The molecule has 0 fully saturated rings. The molecule has 4 nitrogen and oxygen atoms in total. The maximum atomic E-state index is 12.4. The van der Waals surface area contributed by atoms with Crippen molar-refractivity contribution in [3.63, 3.8) is 0 Å². The highest BCUT2D eigenvalue weighted by Crippen LogP contribution is 2.25. The van der Waals surface area contributed by atoms with E-state index >= 15 is 0 Å². The number of nitrogens with one attached hydrogen (secondary N) is 1. The first-order valence-electron chi connectivity index (χ1n) is 9.45. The number of aryl methyl sites for hydroxylation is 1. The average Bonchev–Trinajstić information content (AvgIpc) is 2.64. The van der Waals surface area contributed by atoms with Crippen molar-refractivity contribution in [1.29, 1.82) is 0 Å². The van der Waals surface area contributed by atoms with Crippen LogP contribution in [0.15, 0.2) is 42.5 Å². The summed E-state index contributed by atoms with van der Waals surface area (Å²) in [4.78, 5) is 23.8. The zero-order valence-corrected chi connectivity index (χ0v) is 16.4. The molecule has 0 aromatic heterocycles. The van der Waals surface area contributed by atoms with Gasteiger partial charge in [0, 0.05) is 5.56 Å². The van der Waals surface area contributed by atoms with Crippen LogP contribution >= 0.6 is 11.6 Å². The Morgan fingerprint density at radius 2 is 1.63 bits per heavy atom. The Hall–Kier alpha value is -2.33. The van der Waals surface area contributed by atoms with Gasteiger partial charge in [-0.15, -0.1) is 0 Å². The van der Waals surface area contributed by atoms with Crippen LogP contribution in [-0.2, 0) is 6.42 Å². The molecule has 0 bridgehead atoms. The second-order valence-electron chi connectivity index (χ2n) is 6.64. The number of carboxylic acids is 1. The smallest absolute Gasteiger partial charge is 0.339 e. The molecule has 0 saturated heterocycles. The van der Waals surface area contributed by atoms with Crippen molar-refractivity contribution in [3.8, 4) is 0 Å². The monoisotopic (exact) mass is 387 g/mol. The Kier molecular flexibility index (Phi) is 8.34. The van der Waals surface area contributed by atoms with Crippen LogP contribution in [0.1, 0.15) is 71.7 Å². The topological polar surface area (TPSA) is 66.4 Å². The molecule has 5 heteroatoms. The van der Waals surface area contributed by atoms with Gasteiger partial charge in [-0.25, -0.2) is 4.79 Å². The zero-order valence-electron chi connectivity index (χ0n) is 15.6. The molecule has 2 N–H and O–H groups in total. The molecule has 0 heterocycles. The van der Waals surface area contributed by atoms with Gasteiger partial charge in [0.25, 0.3) is 5.91 Å². The van der Waals surface area contributed by atoms with Gasteiger partial charge in [-0.1, -0.05) is 68.8 Å². The number of benzene rings is 2. The van der Waals surface area contributed by atoms with Gasteiger partial charge in [0.1, 0.15) is 5.56 Å². The number of hydrogen-bond acceptors (Lipinski definition) is 2. The van der Waals surface area contributed by atoms with Crippen LogP contribution in [0, 0.1) is 0 Å². The van der Waals surface area contributed by atoms with Crippen molar-refractivity contribution in [1.82, 2.24) is 0 Å². The highest BCUT2D eigenvalue weighted by atomic mass is 35.5. The first kappa shape index (κ1) is 21.0. The number of carbonyl (C=O) groups is 2. The predicted octanol–water partition coefficient (Wildman–Crippen LogP) is 6.19. The number of amides is 1. The van der Waals surface area contributed by atoms with Crippen LogP contribution < -0.4 is 5.32 Å². The summed E-state index contributed by atoms with van der Waals surface area (Å²) in [5.74, 6) is -1.53. The first-order valence-corrected chi connectivity index (χ1v) is 9.82. The number of halogens is 1. The van der Waals surface area contributed by atoms with Crippen molar-refractivity contribution in [2.24, 2.45) is 0 Å².